The zero-order valence-corrected chi connectivity index (χ0v) is 12.3. The molecule has 1 fully saturated rings. The molecule has 20 heavy (non-hydrogen) atoms. The van der Waals surface area contributed by atoms with Crippen LogP contribution in [0.1, 0.15) is 37.0 Å². The standard InChI is InChI=1S/C17H25NO2/c1-2-20-12-13-7-9-18(10-8-13)16-11-14-5-3-4-6-15(14)17(16)19/h3-6,13,16-17,19H,2,7-12H2,1H3. The number of hydrogen-bond donors (Lipinski definition) is 1. The van der Waals surface area contributed by atoms with Gasteiger partial charge in [0.05, 0.1) is 6.10 Å². The van der Waals surface area contributed by atoms with Crippen LogP contribution in [-0.2, 0) is 11.2 Å². The lowest BCUT2D eigenvalue weighted by atomic mass is 9.95. The maximum atomic E-state index is 10.5. The van der Waals surface area contributed by atoms with Gasteiger partial charge >= 0.3 is 0 Å². The topological polar surface area (TPSA) is 32.7 Å². The molecule has 1 aliphatic heterocycles. The van der Waals surface area contributed by atoms with E-state index in [0.717, 1.165) is 38.3 Å². The van der Waals surface area contributed by atoms with Gasteiger partial charge in [-0.15, -0.1) is 0 Å². The SMILES string of the molecule is CCOCC1CCN(C2Cc3ccccc3C2O)CC1. The number of piperidine rings is 1. The predicted octanol–water partition coefficient (Wildman–Crippen LogP) is 2.39. The maximum absolute atomic E-state index is 10.5. The number of hydrogen-bond acceptors (Lipinski definition) is 3. The van der Waals surface area contributed by atoms with E-state index in [1.807, 2.05) is 6.07 Å². The van der Waals surface area contributed by atoms with Crippen LogP contribution < -0.4 is 0 Å². The van der Waals surface area contributed by atoms with Gasteiger partial charge in [-0.3, -0.25) is 4.90 Å². The number of fused-ring (bicyclic) bond motifs is 1. The molecule has 1 saturated heterocycles. The molecule has 0 saturated carbocycles. The molecule has 0 amide bonds. The zero-order valence-electron chi connectivity index (χ0n) is 12.3. The summed E-state index contributed by atoms with van der Waals surface area (Å²) in [5.41, 5.74) is 2.45. The molecule has 1 N–H and O–H groups in total. The Morgan fingerprint density at radius 1 is 1.25 bits per heavy atom. The van der Waals surface area contributed by atoms with Gasteiger partial charge in [0.25, 0.3) is 0 Å². The molecule has 0 aromatic heterocycles. The van der Waals surface area contributed by atoms with Crippen molar-refractivity contribution in [3.8, 4) is 0 Å². The number of ether oxygens (including phenoxy) is 1. The summed E-state index contributed by atoms with van der Waals surface area (Å²) in [5, 5.41) is 10.5. The molecule has 1 aromatic carbocycles. The van der Waals surface area contributed by atoms with Crippen molar-refractivity contribution in [3.63, 3.8) is 0 Å². The number of likely N-dealkylation sites (tertiary alicyclic amines) is 1. The van der Waals surface area contributed by atoms with E-state index in [-0.39, 0.29) is 12.1 Å². The molecule has 0 bridgehead atoms. The normalized spacial score (nSPS) is 27.7. The molecular formula is C17H25NO2. The smallest absolute Gasteiger partial charge is 0.0951 e. The minimum atomic E-state index is -0.311. The molecule has 3 nitrogen and oxygen atoms in total. The predicted molar refractivity (Wildman–Crippen MR) is 79.7 cm³/mol. The van der Waals surface area contributed by atoms with Gasteiger partial charge in [-0.1, -0.05) is 24.3 Å². The number of nitrogens with zero attached hydrogens (tertiary/aromatic N) is 1. The lowest BCUT2D eigenvalue weighted by molar-refractivity contribution is 0.0210. The highest BCUT2D eigenvalue weighted by Gasteiger charge is 2.36. The lowest BCUT2D eigenvalue weighted by Gasteiger charge is -2.37. The molecule has 0 spiro atoms. The Kier molecular flexibility index (Phi) is 4.39. The van der Waals surface area contributed by atoms with Crippen molar-refractivity contribution in [1.82, 2.24) is 4.90 Å². The van der Waals surface area contributed by atoms with E-state index in [4.69, 9.17) is 4.74 Å². The highest BCUT2D eigenvalue weighted by molar-refractivity contribution is 5.35. The molecule has 1 aliphatic carbocycles. The monoisotopic (exact) mass is 275 g/mol. The van der Waals surface area contributed by atoms with Crippen LogP contribution >= 0.6 is 0 Å². The van der Waals surface area contributed by atoms with Gasteiger partial charge in [0.15, 0.2) is 0 Å². The van der Waals surface area contributed by atoms with E-state index < -0.39 is 0 Å². The van der Waals surface area contributed by atoms with Gasteiger partial charge in [0, 0.05) is 19.3 Å². The third kappa shape index (κ3) is 2.76. The first kappa shape index (κ1) is 14.1. The van der Waals surface area contributed by atoms with Crippen LogP contribution in [0.3, 0.4) is 0 Å². The Labute approximate surface area is 121 Å². The Morgan fingerprint density at radius 2 is 2.00 bits per heavy atom. The molecule has 110 valence electrons. The summed E-state index contributed by atoms with van der Waals surface area (Å²) in [6, 6.07) is 8.60. The summed E-state index contributed by atoms with van der Waals surface area (Å²) < 4.78 is 5.54. The van der Waals surface area contributed by atoms with E-state index in [1.165, 1.54) is 18.4 Å². The summed E-state index contributed by atoms with van der Waals surface area (Å²) in [5.74, 6) is 0.701. The Morgan fingerprint density at radius 3 is 2.70 bits per heavy atom. The molecule has 3 rings (SSSR count). The fourth-order valence-electron chi connectivity index (χ4n) is 3.62. The number of benzene rings is 1. The first-order valence-corrected chi connectivity index (χ1v) is 7.87. The third-order valence-electron chi connectivity index (χ3n) is 4.84. The quantitative estimate of drug-likeness (QED) is 0.916. The molecule has 2 unspecified atom stereocenters. The second-order valence-electron chi connectivity index (χ2n) is 6.05. The van der Waals surface area contributed by atoms with Crippen LogP contribution in [-0.4, -0.2) is 42.4 Å². The number of aliphatic hydroxyl groups is 1. The minimum Gasteiger partial charge on any atom is -0.387 e. The average molecular weight is 275 g/mol. The number of aliphatic hydroxyl groups excluding tert-OH is 1. The maximum Gasteiger partial charge on any atom is 0.0951 e. The van der Waals surface area contributed by atoms with Crippen molar-refractivity contribution >= 4 is 0 Å². The van der Waals surface area contributed by atoms with Gasteiger partial charge in [0.2, 0.25) is 0 Å². The van der Waals surface area contributed by atoms with Crippen LogP contribution in [0, 0.1) is 5.92 Å². The zero-order chi connectivity index (χ0) is 13.9. The fraction of sp³-hybridized carbons (Fsp3) is 0.647. The van der Waals surface area contributed by atoms with Crippen molar-refractivity contribution in [2.45, 2.75) is 38.3 Å². The summed E-state index contributed by atoms with van der Waals surface area (Å²) in [6.07, 6.45) is 3.07. The van der Waals surface area contributed by atoms with Crippen molar-refractivity contribution in [1.29, 1.82) is 0 Å². The Hall–Kier alpha value is -0.900. The summed E-state index contributed by atoms with van der Waals surface area (Å²) in [7, 11) is 0. The van der Waals surface area contributed by atoms with E-state index in [2.05, 4.69) is 30.0 Å². The fourth-order valence-corrected chi connectivity index (χ4v) is 3.62. The molecule has 0 radical (unpaired) electrons. The van der Waals surface area contributed by atoms with Crippen LogP contribution in [0.15, 0.2) is 24.3 Å². The van der Waals surface area contributed by atoms with Gasteiger partial charge in [-0.05, 0) is 56.3 Å². The van der Waals surface area contributed by atoms with E-state index >= 15 is 0 Å². The van der Waals surface area contributed by atoms with E-state index in [9.17, 15) is 5.11 Å². The molecular weight excluding hydrogens is 250 g/mol. The van der Waals surface area contributed by atoms with Crippen LogP contribution in [0.5, 0.6) is 0 Å². The van der Waals surface area contributed by atoms with Crippen molar-refractivity contribution in [2.75, 3.05) is 26.3 Å². The van der Waals surface area contributed by atoms with Gasteiger partial charge < -0.3 is 9.84 Å². The van der Waals surface area contributed by atoms with Crippen LogP contribution in [0.25, 0.3) is 0 Å². The summed E-state index contributed by atoms with van der Waals surface area (Å²) >= 11 is 0. The first-order chi connectivity index (χ1) is 9.79. The van der Waals surface area contributed by atoms with Gasteiger partial charge in [-0.2, -0.15) is 0 Å². The average Bonchev–Trinajstić information content (AvgIpc) is 2.83. The van der Waals surface area contributed by atoms with E-state index in [1.54, 1.807) is 0 Å². The lowest BCUT2D eigenvalue weighted by Crippen LogP contribution is -2.44. The van der Waals surface area contributed by atoms with Crippen molar-refractivity contribution < 1.29 is 9.84 Å². The van der Waals surface area contributed by atoms with Gasteiger partial charge in [-0.25, -0.2) is 0 Å². The van der Waals surface area contributed by atoms with Crippen LogP contribution in [0.4, 0.5) is 0 Å². The first-order valence-electron chi connectivity index (χ1n) is 7.87. The molecule has 1 aromatic rings. The Balaban J connectivity index is 1.57. The molecule has 1 heterocycles. The largest absolute Gasteiger partial charge is 0.387 e. The van der Waals surface area contributed by atoms with Gasteiger partial charge in [0.1, 0.15) is 0 Å². The molecule has 2 atom stereocenters. The third-order valence-corrected chi connectivity index (χ3v) is 4.84. The van der Waals surface area contributed by atoms with Crippen LogP contribution in [0.2, 0.25) is 0 Å². The second-order valence-corrected chi connectivity index (χ2v) is 6.05. The summed E-state index contributed by atoms with van der Waals surface area (Å²) in [6.45, 7) is 5.96. The van der Waals surface area contributed by atoms with E-state index in [0.29, 0.717) is 5.92 Å². The second kappa shape index (κ2) is 6.25. The number of rotatable bonds is 4. The highest BCUT2D eigenvalue weighted by atomic mass is 16.5. The minimum absolute atomic E-state index is 0.278. The van der Waals surface area contributed by atoms with Crippen molar-refractivity contribution in [3.05, 3.63) is 35.4 Å². The Bertz CT molecular complexity index is 440. The molecule has 3 heteroatoms. The molecule has 2 aliphatic rings. The van der Waals surface area contributed by atoms with Crippen molar-refractivity contribution in [2.24, 2.45) is 5.92 Å². The summed E-state index contributed by atoms with van der Waals surface area (Å²) in [4.78, 5) is 2.48. The highest BCUT2D eigenvalue weighted by Crippen LogP contribution is 2.35.